The highest BCUT2D eigenvalue weighted by atomic mass is 16.4. The minimum absolute atomic E-state index is 0.0276. The molecular weight excluding hydrogens is 224 g/mol. The normalized spacial score (nSPS) is 11.9. The number of ketones is 1. The zero-order chi connectivity index (χ0) is 13.0. The molecule has 0 heterocycles. The molecule has 0 aliphatic carbocycles. The smallest absolute Gasteiger partial charge is 0.337 e. The van der Waals surface area contributed by atoms with Gasteiger partial charge in [-0.3, -0.25) is 9.59 Å². The maximum atomic E-state index is 10.9. The quantitative estimate of drug-likeness (QED) is 0.736. The van der Waals surface area contributed by atoms with E-state index in [1.165, 1.54) is 25.1 Å². The van der Waals surface area contributed by atoms with Crippen LogP contribution >= 0.6 is 0 Å². The molecule has 0 fully saturated rings. The average molecular weight is 236 g/mol. The fraction of sp³-hybridized carbons (Fsp3) is 0.250. The molecule has 2 N–H and O–H groups in total. The summed E-state index contributed by atoms with van der Waals surface area (Å²) in [6.45, 7) is 1.42. The predicted molar refractivity (Wildman–Crippen MR) is 58.8 cm³/mol. The van der Waals surface area contributed by atoms with Gasteiger partial charge in [-0.25, -0.2) is 4.79 Å². The lowest BCUT2D eigenvalue weighted by molar-refractivity contribution is -0.147. The van der Waals surface area contributed by atoms with Crippen LogP contribution in [0.2, 0.25) is 0 Å². The monoisotopic (exact) mass is 236 g/mol. The highest BCUT2D eigenvalue weighted by Gasteiger charge is 2.19. The minimum Gasteiger partial charge on any atom is -0.479 e. The van der Waals surface area contributed by atoms with Crippen molar-refractivity contribution in [3.63, 3.8) is 0 Å². The highest BCUT2D eigenvalue weighted by molar-refractivity contribution is 5.84. The van der Waals surface area contributed by atoms with Crippen LogP contribution in [0.5, 0.6) is 0 Å². The van der Waals surface area contributed by atoms with Gasteiger partial charge in [-0.1, -0.05) is 12.1 Å². The second kappa shape index (κ2) is 5.36. The van der Waals surface area contributed by atoms with Crippen molar-refractivity contribution in [1.29, 1.82) is 0 Å². The lowest BCUT2D eigenvalue weighted by Crippen LogP contribution is -2.13. The van der Waals surface area contributed by atoms with E-state index in [0.29, 0.717) is 11.8 Å². The summed E-state index contributed by atoms with van der Waals surface area (Å²) in [4.78, 5) is 32.3. The van der Waals surface area contributed by atoms with Gasteiger partial charge in [-0.15, -0.1) is 0 Å². The molecule has 1 aromatic carbocycles. The highest BCUT2D eigenvalue weighted by Crippen LogP contribution is 2.19. The molecule has 17 heavy (non-hydrogen) atoms. The second-order valence-electron chi connectivity index (χ2n) is 3.70. The number of carbonyl (C=O) groups is 3. The Bertz CT molecular complexity index is 464. The first-order chi connectivity index (χ1) is 7.95. The van der Waals surface area contributed by atoms with Gasteiger partial charge in [0.1, 0.15) is 12.1 Å². The molecule has 0 saturated carbocycles. The summed E-state index contributed by atoms with van der Waals surface area (Å²) in [7, 11) is 0. The van der Waals surface area contributed by atoms with E-state index in [9.17, 15) is 19.5 Å². The third-order valence-electron chi connectivity index (χ3n) is 2.26. The molecule has 90 valence electrons. The molecule has 0 aliphatic heterocycles. The number of carboxylic acids is 1. The molecule has 1 rings (SSSR count). The van der Waals surface area contributed by atoms with Gasteiger partial charge in [0, 0.05) is 17.5 Å². The maximum absolute atomic E-state index is 10.9. The fourth-order valence-electron chi connectivity index (χ4n) is 1.51. The Morgan fingerprint density at radius 2 is 2.06 bits per heavy atom. The van der Waals surface area contributed by atoms with Crippen LogP contribution in [0.25, 0.3) is 0 Å². The minimum atomic E-state index is -1.73. The number of Topliss-reactive ketones (excluding diaryl/α,β-unsaturated/α-hetero) is 1. The Morgan fingerprint density at radius 3 is 2.53 bits per heavy atom. The summed E-state index contributed by atoms with van der Waals surface area (Å²) in [5.41, 5.74) is 0.722. The predicted octanol–water partition coefficient (Wildman–Crippen LogP) is 0.749. The van der Waals surface area contributed by atoms with Crippen LogP contribution in [-0.2, 0) is 16.0 Å². The van der Waals surface area contributed by atoms with Crippen molar-refractivity contribution in [2.75, 3.05) is 0 Å². The number of aliphatic carboxylic acids is 1. The number of aliphatic hydroxyl groups is 1. The maximum Gasteiger partial charge on any atom is 0.337 e. The molecule has 1 unspecified atom stereocenters. The van der Waals surface area contributed by atoms with E-state index in [1.807, 2.05) is 0 Å². The molecule has 5 nitrogen and oxygen atoms in total. The van der Waals surface area contributed by atoms with Crippen LogP contribution in [0.1, 0.15) is 34.5 Å². The Morgan fingerprint density at radius 1 is 1.41 bits per heavy atom. The summed E-state index contributed by atoms with van der Waals surface area (Å²) in [6.07, 6.45) is -1.10. The van der Waals surface area contributed by atoms with Crippen LogP contribution in [0.3, 0.4) is 0 Å². The van der Waals surface area contributed by atoms with E-state index in [-0.39, 0.29) is 23.3 Å². The van der Waals surface area contributed by atoms with Crippen LogP contribution in [0.15, 0.2) is 18.2 Å². The standard InChI is InChI=1S/C12H12O5/c1-7(14)4-8-2-3-10(9(5-8)6-13)11(15)12(16)17/h2-3,5-6,11,15H,4H2,1H3,(H,16,17). The molecule has 0 bridgehead atoms. The summed E-state index contributed by atoms with van der Waals surface area (Å²) in [6, 6.07) is 4.28. The number of carboxylic acid groups (broad SMARTS) is 1. The van der Waals surface area contributed by atoms with Gasteiger partial charge in [0.05, 0.1) is 0 Å². The molecule has 5 heteroatoms. The molecular formula is C12H12O5. The molecule has 0 amide bonds. The van der Waals surface area contributed by atoms with Crippen LogP contribution in [0.4, 0.5) is 0 Å². The Kier molecular flexibility index (Phi) is 4.12. The number of aldehydes is 1. The van der Waals surface area contributed by atoms with E-state index in [1.54, 1.807) is 0 Å². The molecule has 0 saturated heterocycles. The van der Waals surface area contributed by atoms with E-state index in [0.717, 1.165) is 0 Å². The third kappa shape index (κ3) is 3.22. The van der Waals surface area contributed by atoms with Crippen LogP contribution in [-0.4, -0.2) is 28.3 Å². The fourth-order valence-corrected chi connectivity index (χ4v) is 1.51. The molecule has 1 aromatic rings. The van der Waals surface area contributed by atoms with Crippen molar-refractivity contribution >= 4 is 18.0 Å². The van der Waals surface area contributed by atoms with E-state index in [4.69, 9.17) is 5.11 Å². The van der Waals surface area contributed by atoms with E-state index >= 15 is 0 Å². The van der Waals surface area contributed by atoms with Gasteiger partial charge in [0.2, 0.25) is 0 Å². The molecule has 0 radical (unpaired) electrons. The van der Waals surface area contributed by atoms with Crippen molar-refractivity contribution in [2.45, 2.75) is 19.4 Å². The van der Waals surface area contributed by atoms with Crippen molar-refractivity contribution in [3.8, 4) is 0 Å². The van der Waals surface area contributed by atoms with Crippen molar-refractivity contribution in [2.24, 2.45) is 0 Å². The van der Waals surface area contributed by atoms with Gasteiger partial charge < -0.3 is 10.2 Å². The Hall–Kier alpha value is -2.01. The number of benzene rings is 1. The second-order valence-corrected chi connectivity index (χ2v) is 3.70. The Labute approximate surface area is 97.7 Å². The summed E-state index contributed by atoms with van der Waals surface area (Å²) in [5, 5.41) is 18.0. The number of rotatable bonds is 5. The number of carbonyl (C=O) groups excluding carboxylic acids is 2. The molecule has 0 aromatic heterocycles. The topological polar surface area (TPSA) is 91.7 Å². The van der Waals surface area contributed by atoms with Crippen molar-refractivity contribution in [3.05, 3.63) is 34.9 Å². The van der Waals surface area contributed by atoms with E-state index in [2.05, 4.69) is 0 Å². The molecule has 0 aliphatic rings. The van der Waals surface area contributed by atoms with Gasteiger partial charge in [0.15, 0.2) is 6.10 Å². The number of hydrogen-bond donors (Lipinski definition) is 2. The molecule has 1 atom stereocenters. The van der Waals surface area contributed by atoms with Gasteiger partial charge in [0.25, 0.3) is 0 Å². The van der Waals surface area contributed by atoms with E-state index < -0.39 is 12.1 Å². The largest absolute Gasteiger partial charge is 0.479 e. The average Bonchev–Trinajstić information content (AvgIpc) is 2.27. The van der Waals surface area contributed by atoms with Crippen LogP contribution in [0, 0.1) is 0 Å². The molecule has 0 spiro atoms. The zero-order valence-electron chi connectivity index (χ0n) is 9.21. The summed E-state index contributed by atoms with van der Waals surface area (Å²) >= 11 is 0. The van der Waals surface area contributed by atoms with Gasteiger partial charge >= 0.3 is 5.97 Å². The first-order valence-corrected chi connectivity index (χ1v) is 4.94. The lowest BCUT2D eigenvalue weighted by Gasteiger charge is -2.09. The van der Waals surface area contributed by atoms with Gasteiger partial charge in [-0.05, 0) is 18.6 Å². The van der Waals surface area contributed by atoms with Crippen LogP contribution < -0.4 is 0 Å². The SMILES string of the molecule is CC(=O)Cc1ccc(C(O)C(=O)O)c(C=O)c1. The third-order valence-corrected chi connectivity index (χ3v) is 2.26. The summed E-state index contributed by atoms with van der Waals surface area (Å²) < 4.78 is 0. The van der Waals surface area contributed by atoms with Crippen molar-refractivity contribution in [1.82, 2.24) is 0 Å². The number of hydrogen-bond acceptors (Lipinski definition) is 4. The zero-order valence-corrected chi connectivity index (χ0v) is 9.21. The summed E-state index contributed by atoms with van der Waals surface area (Å²) in [5.74, 6) is -1.49. The Balaban J connectivity index is 3.13. The van der Waals surface area contributed by atoms with Crippen molar-refractivity contribution < 1.29 is 24.6 Å². The van der Waals surface area contributed by atoms with Gasteiger partial charge in [-0.2, -0.15) is 0 Å². The lowest BCUT2D eigenvalue weighted by atomic mass is 9.98. The first kappa shape index (κ1) is 13.1. The first-order valence-electron chi connectivity index (χ1n) is 4.94. The number of aliphatic hydroxyl groups excluding tert-OH is 1.